The Morgan fingerprint density at radius 1 is 1.11 bits per heavy atom. The molecule has 0 aromatic heterocycles. The highest BCUT2D eigenvalue weighted by molar-refractivity contribution is 6.27. The van der Waals surface area contributed by atoms with E-state index in [0.717, 1.165) is 13.8 Å². The number of carbonyl (C=O) groups excluding carboxylic acids is 5. The van der Waals surface area contributed by atoms with Crippen molar-refractivity contribution in [3.8, 4) is 5.75 Å². The Bertz CT molecular complexity index is 1310. The summed E-state index contributed by atoms with van der Waals surface area (Å²) in [6, 6.07) is 3.02. The Hall–Kier alpha value is -3.99. The summed E-state index contributed by atoms with van der Waals surface area (Å²) in [4.78, 5) is 64.6. The van der Waals surface area contributed by atoms with E-state index in [4.69, 9.17) is 4.74 Å². The average Bonchev–Trinajstić information content (AvgIpc) is 2.75. The first-order valence-electron chi connectivity index (χ1n) is 11.3. The molecular weight excluding hydrogens is 472 g/mol. The molecule has 0 saturated carbocycles. The van der Waals surface area contributed by atoms with Gasteiger partial charge in [-0.3, -0.25) is 29.3 Å². The fourth-order valence-electron chi connectivity index (χ4n) is 5.47. The molecular formula is C25H26N2O9. The number of ether oxygens (including phenoxy) is 1. The maximum absolute atomic E-state index is 13.5. The summed E-state index contributed by atoms with van der Waals surface area (Å²) in [5, 5.41) is 35.1. The van der Waals surface area contributed by atoms with E-state index < -0.39 is 58.1 Å². The molecule has 11 nitrogen and oxygen atoms in total. The SMILES string of the molecule is CC(=O)NC(=O)C1=C(OC(C)=O)C[C@@H]2C[C@@H]3Cc4c(N(C)C)ccc(O)c4C(=O)C3=C(O)[C@]2(O)C1=O. The third kappa shape index (κ3) is 3.67. The third-order valence-electron chi connectivity index (χ3n) is 6.92. The number of esters is 1. The van der Waals surface area contributed by atoms with Gasteiger partial charge in [-0.05, 0) is 36.5 Å². The molecule has 0 radical (unpaired) electrons. The molecule has 4 N–H and O–H groups in total. The van der Waals surface area contributed by atoms with Gasteiger partial charge in [-0.2, -0.15) is 0 Å². The van der Waals surface area contributed by atoms with Crippen LogP contribution in [0.25, 0.3) is 0 Å². The molecule has 0 saturated heterocycles. The quantitative estimate of drug-likeness (QED) is 0.346. The molecule has 1 aromatic rings. The van der Waals surface area contributed by atoms with Crippen LogP contribution in [0.1, 0.15) is 42.6 Å². The summed E-state index contributed by atoms with van der Waals surface area (Å²) in [5.41, 5.74) is -2.44. The summed E-state index contributed by atoms with van der Waals surface area (Å²) in [7, 11) is 3.56. The number of nitrogens with zero attached hydrogens (tertiary/aromatic N) is 1. The van der Waals surface area contributed by atoms with Gasteiger partial charge in [-0.1, -0.05) is 0 Å². The molecule has 0 aliphatic heterocycles. The van der Waals surface area contributed by atoms with Crippen LogP contribution in [0.5, 0.6) is 5.75 Å². The van der Waals surface area contributed by atoms with Crippen LogP contribution in [0.15, 0.2) is 34.8 Å². The van der Waals surface area contributed by atoms with E-state index in [1.54, 1.807) is 25.1 Å². The molecule has 3 aliphatic carbocycles. The number of nitrogens with one attached hydrogen (secondary N) is 1. The van der Waals surface area contributed by atoms with Crippen molar-refractivity contribution < 1.29 is 44.0 Å². The number of amides is 2. The van der Waals surface area contributed by atoms with Crippen molar-refractivity contribution in [2.24, 2.45) is 11.8 Å². The van der Waals surface area contributed by atoms with Crippen LogP contribution >= 0.6 is 0 Å². The van der Waals surface area contributed by atoms with Crippen molar-refractivity contribution in [3.63, 3.8) is 0 Å². The molecule has 1 aromatic carbocycles. The molecule has 2 amide bonds. The minimum absolute atomic E-state index is 0.0324. The van der Waals surface area contributed by atoms with Crippen molar-refractivity contribution in [1.29, 1.82) is 0 Å². The zero-order valence-electron chi connectivity index (χ0n) is 20.2. The van der Waals surface area contributed by atoms with Gasteiger partial charge < -0.3 is 25.0 Å². The van der Waals surface area contributed by atoms with Crippen LogP contribution in [0, 0.1) is 11.8 Å². The van der Waals surface area contributed by atoms with Gasteiger partial charge in [0.1, 0.15) is 22.8 Å². The zero-order valence-corrected chi connectivity index (χ0v) is 20.2. The summed E-state index contributed by atoms with van der Waals surface area (Å²) in [5.74, 6) is -8.03. The van der Waals surface area contributed by atoms with Gasteiger partial charge in [0.05, 0.1) is 5.56 Å². The van der Waals surface area contributed by atoms with Crippen molar-refractivity contribution >= 4 is 35.0 Å². The van der Waals surface area contributed by atoms with Crippen LogP contribution in [-0.2, 0) is 30.3 Å². The number of Topliss-reactive ketones (excluding diaryl/α,β-unsaturated/α-hetero) is 2. The molecule has 0 bridgehead atoms. The summed E-state index contributed by atoms with van der Waals surface area (Å²) >= 11 is 0. The van der Waals surface area contributed by atoms with Crippen molar-refractivity contribution in [2.75, 3.05) is 19.0 Å². The number of imide groups is 1. The number of benzene rings is 1. The smallest absolute Gasteiger partial charge is 0.307 e. The monoisotopic (exact) mass is 498 g/mol. The predicted molar refractivity (Wildman–Crippen MR) is 124 cm³/mol. The lowest BCUT2D eigenvalue weighted by molar-refractivity contribution is -0.147. The maximum Gasteiger partial charge on any atom is 0.307 e. The molecule has 11 heteroatoms. The van der Waals surface area contributed by atoms with E-state index in [2.05, 4.69) is 0 Å². The van der Waals surface area contributed by atoms with Gasteiger partial charge >= 0.3 is 5.97 Å². The predicted octanol–water partition coefficient (Wildman–Crippen LogP) is 0.829. The van der Waals surface area contributed by atoms with Gasteiger partial charge in [0.15, 0.2) is 11.4 Å². The van der Waals surface area contributed by atoms with Gasteiger partial charge in [0.2, 0.25) is 11.7 Å². The highest BCUT2D eigenvalue weighted by atomic mass is 16.5. The fraction of sp³-hybridized carbons (Fsp3) is 0.400. The summed E-state index contributed by atoms with van der Waals surface area (Å²) in [6.07, 6.45) is -0.00685. The molecule has 3 aliphatic rings. The summed E-state index contributed by atoms with van der Waals surface area (Å²) < 4.78 is 5.12. The first-order valence-corrected chi connectivity index (χ1v) is 11.3. The molecule has 0 fully saturated rings. The van der Waals surface area contributed by atoms with E-state index in [9.17, 15) is 39.3 Å². The molecule has 4 rings (SSSR count). The highest BCUT2D eigenvalue weighted by Gasteiger charge is 2.60. The lowest BCUT2D eigenvalue weighted by Crippen LogP contribution is -2.57. The van der Waals surface area contributed by atoms with E-state index >= 15 is 0 Å². The number of allylic oxidation sites excluding steroid dienone is 2. The Morgan fingerprint density at radius 3 is 2.36 bits per heavy atom. The summed E-state index contributed by atoms with van der Waals surface area (Å²) in [6.45, 7) is 2.10. The first-order chi connectivity index (χ1) is 16.8. The molecule has 3 atom stereocenters. The Labute approximate surface area is 206 Å². The minimum Gasteiger partial charge on any atom is -0.508 e. The number of aliphatic hydroxyl groups excluding tert-OH is 1. The molecule has 36 heavy (non-hydrogen) atoms. The van der Waals surface area contributed by atoms with E-state index in [1.807, 2.05) is 5.32 Å². The van der Waals surface area contributed by atoms with Gasteiger partial charge in [-0.25, -0.2) is 0 Å². The number of aliphatic hydroxyl groups is 2. The average molecular weight is 498 g/mol. The number of hydrogen-bond acceptors (Lipinski definition) is 10. The second-order valence-electron chi connectivity index (χ2n) is 9.48. The van der Waals surface area contributed by atoms with Crippen molar-refractivity contribution in [3.05, 3.63) is 45.9 Å². The minimum atomic E-state index is -2.67. The Morgan fingerprint density at radius 2 is 1.78 bits per heavy atom. The number of hydrogen-bond donors (Lipinski definition) is 4. The lowest BCUT2D eigenvalue weighted by atomic mass is 9.60. The second-order valence-corrected chi connectivity index (χ2v) is 9.48. The van der Waals surface area contributed by atoms with Crippen LogP contribution < -0.4 is 10.2 Å². The third-order valence-corrected chi connectivity index (χ3v) is 6.92. The van der Waals surface area contributed by atoms with Crippen LogP contribution in [-0.4, -0.2) is 64.4 Å². The maximum atomic E-state index is 13.5. The number of rotatable bonds is 3. The number of aromatic hydroxyl groups is 1. The van der Waals surface area contributed by atoms with Crippen LogP contribution in [0.3, 0.4) is 0 Å². The molecule has 0 unspecified atom stereocenters. The molecule has 0 spiro atoms. The standard InChI is InChI=1S/C25H26N2O9/c1-10(28)26-24(34)20-17(36-11(2)29)9-13-7-12-8-14-15(27(3)4)5-6-16(30)19(14)21(31)18(12)22(32)25(13,35)23(20)33/h5-6,12-13,30,32,35H,7-9H2,1-4H3,(H,26,28,34)/t12-,13+,25+/m1/s1. The van der Waals surface area contributed by atoms with E-state index in [1.165, 1.54) is 6.07 Å². The zero-order chi connectivity index (χ0) is 26.7. The fourth-order valence-corrected chi connectivity index (χ4v) is 5.47. The van der Waals surface area contributed by atoms with Gasteiger partial charge in [-0.15, -0.1) is 0 Å². The number of anilines is 1. The van der Waals surface area contributed by atoms with E-state index in [0.29, 0.717) is 11.3 Å². The number of phenols is 1. The molecule has 190 valence electrons. The number of carbonyl (C=O) groups is 5. The topological polar surface area (TPSA) is 171 Å². The van der Waals surface area contributed by atoms with E-state index in [-0.39, 0.29) is 41.9 Å². The first kappa shape index (κ1) is 25.1. The van der Waals surface area contributed by atoms with Gasteiger partial charge in [0, 0.05) is 51.5 Å². The molecule has 0 heterocycles. The Kier molecular flexibility index (Phi) is 5.99. The van der Waals surface area contributed by atoms with Crippen molar-refractivity contribution in [1.82, 2.24) is 5.32 Å². The van der Waals surface area contributed by atoms with Crippen LogP contribution in [0.2, 0.25) is 0 Å². The highest BCUT2D eigenvalue weighted by Crippen LogP contribution is 2.52. The Balaban J connectivity index is 1.89. The van der Waals surface area contributed by atoms with Crippen LogP contribution in [0.4, 0.5) is 5.69 Å². The second kappa shape index (κ2) is 8.59. The largest absolute Gasteiger partial charge is 0.508 e. The van der Waals surface area contributed by atoms with Crippen molar-refractivity contribution in [2.45, 2.75) is 38.7 Å². The normalized spacial score (nSPS) is 25.0. The van der Waals surface area contributed by atoms with Gasteiger partial charge in [0.25, 0.3) is 5.91 Å². The number of phenolic OH excluding ortho intramolecular Hbond substituents is 1. The number of ketones is 2. The lowest BCUT2D eigenvalue weighted by Gasteiger charge is -2.46. The number of fused-ring (bicyclic) bond motifs is 3.